The number of hydrogen-bond acceptors (Lipinski definition) is 4. The van der Waals surface area contributed by atoms with Crippen LogP contribution in [0.25, 0.3) is 0 Å². The van der Waals surface area contributed by atoms with Gasteiger partial charge in [0.25, 0.3) is 0 Å². The van der Waals surface area contributed by atoms with E-state index in [2.05, 4.69) is 16.0 Å². The first-order chi connectivity index (χ1) is 11.3. The summed E-state index contributed by atoms with van der Waals surface area (Å²) in [4.78, 5) is 46.4. The lowest BCUT2D eigenvalue weighted by molar-refractivity contribution is -0.121. The van der Waals surface area contributed by atoms with Crippen LogP contribution in [-0.4, -0.2) is 44.6 Å². The Bertz CT molecular complexity index is 399. The van der Waals surface area contributed by atoms with Crippen LogP contribution in [-0.2, 0) is 19.2 Å². The topological polar surface area (TPSA) is 104 Å². The Morgan fingerprint density at radius 1 is 0.625 bits per heavy atom. The summed E-state index contributed by atoms with van der Waals surface area (Å²) in [6, 6.07) is 0. The Labute approximate surface area is 144 Å². The molecule has 0 aromatic heterocycles. The van der Waals surface area contributed by atoms with Crippen molar-refractivity contribution in [3.05, 3.63) is 0 Å². The van der Waals surface area contributed by atoms with E-state index in [4.69, 9.17) is 0 Å². The monoisotopic (exact) mass is 341 g/mol. The lowest BCUT2D eigenvalue weighted by Gasteiger charge is -2.34. The maximum atomic E-state index is 11.6. The van der Waals surface area contributed by atoms with E-state index in [9.17, 15) is 19.2 Å². The van der Waals surface area contributed by atoms with Crippen molar-refractivity contribution in [3.8, 4) is 0 Å². The zero-order valence-electron chi connectivity index (χ0n) is 15.3. The molecule has 138 valence electrons. The summed E-state index contributed by atoms with van der Waals surface area (Å²) in [6.45, 7) is 1.53. The van der Waals surface area contributed by atoms with Crippen molar-refractivity contribution in [2.45, 2.75) is 58.3 Å². The van der Waals surface area contributed by atoms with E-state index in [1.54, 1.807) is 21.1 Å². The molecule has 7 heteroatoms. The summed E-state index contributed by atoms with van der Waals surface area (Å²) in [7, 11) is 4.73. The van der Waals surface area contributed by atoms with Crippen LogP contribution >= 0.6 is 0 Å². The number of amides is 3. The summed E-state index contributed by atoms with van der Waals surface area (Å²) in [5, 5.41) is 7.77. The molecule has 0 aromatic carbocycles. The zero-order valence-corrected chi connectivity index (χ0v) is 15.3. The molecule has 0 spiro atoms. The van der Waals surface area contributed by atoms with E-state index in [-0.39, 0.29) is 28.9 Å². The molecular formula is C17H31N3O4. The zero-order chi connectivity index (χ0) is 18.6. The Balaban J connectivity index is 5.17. The quantitative estimate of drug-likeness (QED) is 0.491. The third-order valence-electron chi connectivity index (χ3n) is 4.49. The molecule has 0 aromatic rings. The van der Waals surface area contributed by atoms with E-state index >= 15 is 0 Å². The number of carbonyl (C=O) groups is 4. The van der Waals surface area contributed by atoms with Gasteiger partial charge in [-0.2, -0.15) is 0 Å². The minimum absolute atomic E-state index is 0.0687. The Hall–Kier alpha value is -1.92. The Kier molecular flexibility index (Phi) is 10.7. The predicted molar refractivity (Wildman–Crippen MR) is 92.3 cm³/mol. The highest BCUT2D eigenvalue weighted by molar-refractivity contribution is 5.77. The molecule has 0 unspecified atom stereocenters. The van der Waals surface area contributed by atoms with Crippen LogP contribution in [0.2, 0.25) is 0 Å². The predicted octanol–water partition coefficient (Wildman–Crippen LogP) is 0.921. The van der Waals surface area contributed by atoms with Gasteiger partial charge in [0.05, 0.1) is 0 Å². The maximum absolute atomic E-state index is 11.6. The van der Waals surface area contributed by atoms with Crippen molar-refractivity contribution in [2.75, 3.05) is 21.1 Å². The number of nitrogens with one attached hydrogen (secondary N) is 3. The van der Waals surface area contributed by atoms with Gasteiger partial charge in [0, 0.05) is 46.8 Å². The third-order valence-corrected chi connectivity index (χ3v) is 4.49. The normalized spacial score (nSPS) is 10.8. The lowest BCUT2D eigenvalue weighted by atomic mass is 9.71. The van der Waals surface area contributed by atoms with Crippen molar-refractivity contribution in [1.82, 2.24) is 16.0 Å². The summed E-state index contributed by atoms with van der Waals surface area (Å²) < 4.78 is 0. The molecule has 0 aliphatic rings. The maximum Gasteiger partial charge on any atom is 0.219 e. The van der Waals surface area contributed by atoms with Gasteiger partial charge in [0.1, 0.15) is 5.78 Å². The van der Waals surface area contributed by atoms with Gasteiger partial charge in [0.2, 0.25) is 17.7 Å². The van der Waals surface area contributed by atoms with E-state index < -0.39 is 0 Å². The smallest absolute Gasteiger partial charge is 0.219 e. The summed E-state index contributed by atoms with van der Waals surface area (Å²) in [5.74, 6) is -0.175. The Morgan fingerprint density at radius 2 is 0.917 bits per heavy atom. The fraction of sp³-hybridized carbons (Fsp3) is 0.765. The van der Waals surface area contributed by atoms with Gasteiger partial charge < -0.3 is 20.7 Å². The molecule has 0 atom stereocenters. The standard InChI is InChI=1S/C17H31N3O4/c1-13(21)5-9-17(10-6-14(22)18-2,11-7-15(23)19-3)12-8-16(24)20-4/h5-12H2,1-4H3,(H,18,22)(H,19,23)(H,20,24). The molecule has 0 saturated heterocycles. The van der Waals surface area contributed by atoms with E-state index in [0.717, 1.165) is 0 Å². The molecule has 7 nitrogen and oxygen atoms in total. The van der Waals surface area contributed by atoms with Crippen LogP contribution in [0.3, 0.4) is 0 Å². The molecule has 24 heavy (non-hydrogen) atoms. The summed E-state index contributed by atoms with van der Waals surface area (Å²) in [6.07, 6.45) is 3.56. The second-order valence-corrected chi connectivity index (χ2v) is 6.22. The van der Waals surface area contributed by atoms with Gasteiger partial charge in [0.15, 0.2) is 0 Å². The van der Waals surface area contributed by atoms with Crippen LogP contribution in [0.1, 0.15) is 58.3 Å². The van der Waals surface area contributed by atoms with Crippen LogP contribution in [0.5, 0.6) is 0 Å². The number of carbonyl (C=O) groups excluding carboxylic acids is 4. The molecule has 0 fully saturated rings. The van der Waals surface area contributed by atoms with Gasteiger partial charge >= 0.3 is 0 Å². The van der Waals surface area contributed by atoms with Gasteiger partial charge in [-0.15, -0.1) is 0 Å². The number of rotatable bonds is 12. The largest absolute Gasteiger partial charge is 0.359 e. The Morgan fingerprint density at radius 3 is 1.17 bits per heavy atom. The van der Waals surface area contributed by atoms with Crippen LogP contribution in [0.4, 0.5) is 0 Å². The fourth-order valence-corrected chi connectivity index (χ4v) is 2.70. The van der Waals surface area contributed by atoms with E-state index in [1.165, 1.54) is 6.92 Å². The minimum atomic E-state index is -0.378. The fourth-order valence-electron chi connectivity index (χ4n) is 2.70. The van der Waals surface area contributed by atoms with Crippen molar-refractivity contribution in [1.29, 1.82) is 0 Å². The number of ketones is 1. The minimum Gasteiger partial charge on any atom is -0.359 e. The first-order valence-electron chi connectivity index (χ1n) is 8.39. The van der Waals surface area contributed by atoms with Crippen LogP contribution in [0.15, 0.2) is 0 Å². The van der Waals surface area contributed by atoms with Crippen molar-refractivity contribution in [3.63, 3.8) is 0 Å². The first kappa shape index (κ1) is 22.1. The second-order valence-electron chi connectivity index (χ2n) is 6.22. The molecule has 0 heterocycles. The number of Topliss-reactive ketones (excluding diaryl/α,β-unsaturated/α-hetero) is 1. The van der Waals surface area contributed by atoms with Gasteiger partial charge in [-0.3, -0.25) is 14.4 Å². The van der Waals surface area contributed by atoms with Gasteiger partial charge in [-0.05, 0) is 38.0 Å². The lowest BCUT2D eigenvalue weighted by Crippen LogP contribution is -2.30. The van der Waals surface area contributed by atoms with Crippen LogP contribution in [0, 0.1) is 5.41 Å². The molecule has 0 aliphatic heterocycles. The highest BCUT2D eigenvalue weighted by Gasteiger charge is 2.31. The van der Waals surface area contributed by atoms with Crippen LogP contribution < -0.4 is 16.0 Å². The summed E-state index contributed by atoms with van der Waals surface area (Å²) >= 11 is 0. The molecule has 3 N–H and O–H groups in total. The highest BCUT2D eigenvalue weighted by Crippen LogP contribution is 2.40. The molecule has 0 aliphatic carbocycles. The SMILES string of the molecule is CNC(=O)CCC(CCC(C)=O)(CCC(=O)NC)CCC(=O)NC. The second kappa shape index (κ2) is 11.6. The van der Waals surface area contributed by atoms with Gasteiger partial charge in [-0.25, -0.2) is 0 Å². The molecule has 0 radical (unpaired) electrons. The molecule has 3 amide bonds. The van der Waals surface area contributed by atoms with E-state index in [1.807, 2.05) is 0 Å². The molecule has 0 rings (SSSR count). The molecular weight excluding hydrogens is 310 g/mol. The number of hydrogen-bond donors (Lipinski definition) is 3. The van der Waals surface area contributed by atoms with Crippen molar-refractivity contribution >= 4 is 23.5 Å². The summed E-state index contributed by atoms with van der Waals surface area (Å²) in [5.41, 5.74) is -0.378. The van der Waals surface area contributed by atoms with Crippen molar-refractivity contribution in [2.24, 2.45) is 5.41 Å². The average Bonchev–Trinajstić information content (AvgIpc) is 2.59. The van der Waals surface area contributed by atoms with E-state index in [0.29, 0.717) is 51.4 Å². The van der Waals surface area contributed by atoms with Crippen molar-refractivity contribution < 1.29 is 19.2 Å². The molecule has 0 saturated carbocycles. The van der Waals surface area contributed by atoms with Gasteiger partial charge in [-0.1, -0.05) is 0 Å². The third kappa shape index (κ3) is 9.27. The average molecular weight is 341 g/mol. The molecule has 0 bridgehead atoms. The first-order valence-corrected chi connectivity index (χ1v) is 8.39. The highest BCUT2D eigenvalue weighted by atomic mass is 16.2.